The first-order chi connectivity index (χ1) is 7.34. The normalized spacial score (nSPS) is 9.31. The average molecular weight is 240 g/mol. The number of rotatable bonds is 3. The zero-order chi connectivity index (χ0) is 10.5. The van der Waals surface area contributed by atoms with Crippen LogP contribution in [0, 0.1) is 0 Å². The van der Waals surface area contributed by atoms with Gasteiger partial charge in [-0.1, -0.05) is 36.4 Å². The molecule has 0 spiro atoms. The van der Waals surface area contributed by atoms with Gasteiger partial charge in [0.05, 0.1) is 0 Å². The van der Waals surface area contributed by atoms with E-state index < -0.39 is 0 Å². The van der Waals surface area contributed by atoms with Gasteiger partial charge in [0.15, 0.2) is 0 Å². The number of hydrogen-bond donors (Lipinski definition) is 1. The van der Waals surface area contributed by atoms with E-state index in [0.717, 1.165) is 10.6 Å². The first-order valence-corrected chi connectivity index (χ1v) is 5.25. The van der Waals surface area contributed by atoms with Gasteiger partial charge in [0.1, 0.15) is 12.4 Å². The number of hydrogen-bond acceptors (Lipinski definition) is 2. The molecule has 0 unspecified atom stereocenters. The molecule has 0 saturated carbocycles. The average Bonchev–Trinajstić information content (AvgIpc) is 2.28. The van der Waals surface area contributed by atoms with Gasteiger partial charge in [0, 0.05) is 4.90 Å². The van der Waals surface area contributed by atoms with E-state index in [1.807, 2.05) is 54.6 Å². The second-order valence-corrected chi connectivity index (χ2v) is 3.79. The minimum atomic E-state index is 0. The predicted molar refractivity (Wildman–Crippen MR) is 65.6 cm³/mol. The fourth-order valence-electron chi connectivity index (χ4n) is 1.31. The van der Waals surface area contributed by atoms with E-state index in [2.05, 4.69) is 12.6 Å². The van der Waals surface area contributed by atoms with Crippen molar-refractivity contribution in [2.24, 2.45) is 0 Å². The molecule has 0 aliphatic heterocycles. The van der Waals surface area contributed by atoms with Crippen LogP contribution in [0.4, 0.5) is 0 Å². The summed E-state index contributed by atoms with van der Waals surface area (Å²) in [7, 11) is 0. The minimum Gasteiger partial charge on any atom is -1.00 e. The topological polar surface area (TPSA) is 9.23 Å². The quantitative estimate of drug-likeness (QED) is 0.613. The van der Waals surface area contributed by atoms with Gasteiger partial charge in [0.25, 0.3) is 0 Å². The van der Waals surface area contributed by atoms with E-state index >= 15 is 0 Å². The van der Waals surface area contributed by atoms with E-state index in [-0.39, 0.29) is 31.0 Å². The molecule has 0 heterocycles. The summed E-state index contributed by atoms with van der Waals surface area (Å²) in [5.41, 5.74) is 1.17. The van der Waals surface area contributed by atoms with Crippen LogP contribution in [-0.2, 0) is 6.61 Å². The summed E-state index contributed by atoms with van der Waals surface area (Å²) in [6.07, 6.45) is 0. The van der Waals surface area contributed by atoms with Crippen molar-refractivity contribution in [2.75, 3.05) is 0 Å². The second kappa shape index (κ2) is 7.02. The molecule has 0 radical (unpaired) electrons. The van der Waals surface area contributed by atoms with E-state index in [1.165, 1.54) is 5.56 Å². The zero-order valence-corrected chi connectivity index (χ0v) is 12.2. The third kappa shape index (κ3) is 4.22. The van der Waals surface area contributed by atoms with Crippen LogP contribution < -0.4 is 34.3 Å². The molecule has 78 valence electrons. The molecular formula is C13H13NaOS. The molecule has 2 rings (SSSR count). The largest absolute Gasteiger partial charge is 1.00 e. The summed E-state index contributed by atoms with van der Waals surface area (Å²) < 4.78 is 5.62. The predicted octanol–water partition coefficient (Wildman–Crippen LogP) is 0.671. The molecule has 0 saturated heterocycles. The van der Waals surface area contributed by atoms with Crippen molar-refractivity contribution in [2.45, 2.75) is 11.5 Å². The molecule has 0 N–H and O–H groups in total. The van der Waals surface area contributed by atoms with Crippen LogP contribution in [0.1, 0.15) is 6.99 Å². The fraction of sp³-hybridized carbons (Fsp3) is 0.0769. The summed E-state index contributed by atoms with van der Waals surface area (Å²) in [5, 5.41) is 0. The maximum atomic E-state index is 5.62. The van der Waals surface area contributed by atoms with Crippen LogP contribution in [0.3, 0.4) is 0 Å². The van der Waals surface area contributed by atoms with Crippen LogP contribution in [0.15, 0.2) is 59.5 Å². The Kier molecular flexibility index (Phi) is 5.99. The standard InChI is InChI=1S/C13H12OS.Na.H/c15-13-8-4-7-12(9-13)14-10-11-5-2-1-3-6-11;;/h1-9,15H,10H2;;/q;+1;-1. The van der Waals surface area contributed by atoms with Gasteiger partial charge in [-0.2, -0.15) is 0 Å². The Morgan fingerprint density at radius 3 is 2.44 bits per heavy atom. The SMILES string of the molecule is Sc1cccc(OCc2ccccc2)c1.[H-].[Na+]. The smallest absolute Gasteiger partial charge is 1.00 e. The molecule has 0 fully saturated rings. The van der Waals surface area contributed by atoms with Crippen LogP contribution in [0.25, 0.3) is 0 Å². The van der Waals surface area contributed by atoms with Crippen LogP contribution in [0.5, 0.6) is 5.75 Å². The van der Waals surface area contributed by atoms with Crippen LogP contribution in [0.2, 0.25) is 0 Å². The Balaban J connectivity index is 0.00000128. The summed E-state index contributed by atoms with van der Waals surface area (Å²) in [5.74, 6) is 0.853. The van der Waals surface area contributed by atoms with Crippen molar-refractivity contribution >= 4 is 12.6 Å². The molecule has 0 aliphatic carbocycles. The van der Waals surface area contributed by atoms with Crippen molar-refractivity contribution in [3.8, 4) is 5.75 Å². The minimum absolute atomic E-state index is 0. The Bertz CT molecular complexity index is 436. The van der Waals surface area contributed by atoms with E-state index in [4.69, 9.17) is 4.74 Å². The van der Waals surface area contributed by atoms with Crippen LogP contribution in [-0.4, -0.2) is 0 Å². The molecule has 16 heavy (non-hydrogen) atoms. The summed E-state index contributed by atoms with van der Waals surface area (Å²) in [6.45, 7) is 0.595. The van der Waals surface area contributed by atoms with Gasteiger partial charge in [-0.15, -0.1) is 12.6 Å². The first-order valence-electron chi connectivity index (χ1n) is 4.80. The van der Waals surface area contributed by atoms with Crippen molar-refractivity contribution in [3.05, 3.63) is 60.2 Å². The van der Waals surface area contributed by atoms with Gasteiger partial charge in [0.2, 0.25) is 0 Å². The van der Waals surface area contributed by atoms with Crippen LogP contribution >= 0.6 is 12.6 Å². The molecule has 3 heteroatoms. The number of thiol groups is 1. The van der Waals surface area contributed by atoms with Gasteiger partial charge < -0.3 is 6.16 Å². The Morgan fingerprint density at radius 2 is 1.75 bits per heavy atom. The molecule has 0 aliphatic rings. The molecule has 0 bridgehead atoms. The molecule has 0 amide bonds. The van der Waals surface area contributed by atoms with Crippen molar-refractivity contribution in [3.63, 3.8) is 0 Å². The molecule has 2 aromatic rings. The van der Waals surface area contributed by atoms with E-state index in [1.54, 1.807) is 0 Å². The zero-order valence-electron chi connectivity index (χ0n) is 10.3. The second-order valence-electron chi connectivity index (χ2n) is 3.27. The van der Waals surface area contributed by atoms with E-state index in [0.29, 0.717) is 6.61 Å². The monoisotopic (exact) mass is 240 g/mol. The third-order valence-corrected chi connectivity index (χ3v) is 2.34. The third-order valence-electron chi connectivity index (χ3n) is 2.07. The molecule has 0 atom stereocenters. The number of ether oxygens (including phenoxy) is 1. The Labute approximate surface area is 125 Å². The summed E-state index contributed by atoms with van der Waals surface area (Å²) in [4.78, 5) is 0.917. The molecule has 0 aromatic heterocycles. The molecule has 1 nitrogen and oxygen atoms in total. The maximum Gasteiger partial charge on any atom is 1.00 e. The Morgan fingerprint density at radius 1 is 1.00 bits per heavy atom. The van der Waals surface area contributed by atoms with Crippen molar-refractivity contribution < 1.29 is 35.7 Å². The van der Waals surface area contributed by atoms with Gasteiger partial charge in [-0.25, -0.2) is 0 Å². The first kappa shape index (κ1) is 13.7. The molecular weight excluding hydrogens is 227 g/mol. The van der Waals surface area contributed by atoms with Crippen molar-refractivity contribution in [1.82, 2.24) is 0 Å². The summed E-state index contributed by atoms with van der Waals surface area (Å²) in [6, 6.07) is 17.8. The van der Waals surface area contributed by atoms with Gasteiger partial charge >= 0.3 is 29.6 Å². The summed E-state index contributed by atoms with van der Waals surface area (Å²) >= 11 is 4.25. The fourth-order valence-corrected chi connectivity index (χ4v) is 1.53. The van der Waals surface area contributed by atoms with Crippen molar-refractivity contribution in [1.29, 1.82) is 0 Å². The molecule has 2 aromatic carbocycles. The Hall–Kier alpha value is -0.410. The maximum absolute atomic E-state index is 5.62. The van der Waals surface area contributed by atoms with Gasteiger partial charge in [-0.3, -0.25) is 0 Å². The number of benzene rings is 2. The van der Waals surface area contributed by atoms with Gasteiger partial charge in [-0.05, 0) is 23.8 Å². The van der Waals surface area contributed by atoms with E-state index in [9.17, 15) is 0 Å².